The van der Waals surface area contributed by atoms with E-state index in [1.807, 2.05) is 17.0 Å². The van der Waals surface area contributed by atoms with Gasteiger partial charge in [-0.2, -0.15) is 5.10 Å². The number of hydrogen-bond acceptors (Lipinski definition) is 5. The van der Waals surface area contributed by atoms with Crippen LogP contribution in [-0.4, -0.2) is 51.7 Å². The van der Waals surface area contributed by atoms with E-state index in [4.69, 9.17) is 0 Å². The molecular formula is C20H25N5O3. The molecule has 2 atom stereocenters. The molecular weight excluding hydrogens is 358 g/mol. The highest BCUT2D eigenvalue weighted by molar-refractivity contribution is 5.96. The van der Waals surface area contributed by atoms with Crippen LogP contribution >= 0.6 is 0 Å². The van der Waals surface area contributed by atoms with Crippen LogP contribution in [0.5, 0.6) is 0 Å². The Hall–Kier alpha value is -2.74. The summed E-state index contributed by atoms with van der Waals surface area (Å²) in [5.74, 6) is 0.232. The van der Waals surface area contributed by atoms with Crippen LogP contribution in [0.15, 0.2) is 18.2 Å². The molecule has 28 heavy (non-hydrogen) atoms. The van der Waals surface area contributed by atoms with Crippen molar-refractivity contribution >= 4 is 17.3 Å². The molecule has 1 amide bonds. The average Bonchev–Trinajstić information content (AvgIpc) is 3.08. The summed E-state index contributed by atoms with van der Waals surface area (Å²) in [6, 6.07) is 6.39. The van der Waals surface area contributed by atoms with Gasteiger partial charge in [-0.05, 0) is 52.4 Å². The maximum absolute atomic E-state index is 13.3. The molecule has 0 saturated carbocycles. The minimum absolute atomic E-state index is 0.00683. The molecule has 0 radical (unpaired) electrons. The molecule has 1 saturated heterocycles. The van der Waals surface area contributed by atoms with Gasteiger partial charge in [0.1, 0.15) is 17.9 Å². The van der Waals surface area contributed by atoms with E-state index in [0.717, 1.165) is 25.2 Å². The van der Waals surface area contributed by atoms with E-state index in [-0.39, 0.29) is 24.2 Å². The molecule has 1 aromatic carbocycles. The second kappa shape index (κ2) is 6.70. The topological polar surface area (TPSA) is 84.5 Å². The molecule has 2 aromatic rings. The number of carbonyl (C=O) groups is 1. The Kier molecular flexibility index (Phi) is 4.45. The van der Waals surface area contributed by atoms with Gasteiger partial charge in [-0.15, -0.1) is 0 Å². The number of anilines is 1. The Morgan fingerprint density at radius 3 is 2.75 bits per heavy atom. The lowest BCUT2D eigenvalue weighted by Crippen LogP contribution is -2.48. The van der Waals surface area contributed by atoms with Gasteiger partial charge in [0.15, 0.2) is 0 Å². The zero-order valence-corrected chi connectivity index (χ0v) is 16.7. The van der Waals surface area contributed by atoms with Gasteiger partial charge in [0.25, 0.3) is 0 Å². The van der Waals surface area contributed by atoms with Crippen molar-refractivity contribution in [3.8, 4) is 0 Å². The van der Waals surface area contributed by atoms with Gasteiger partial charge < -0.3 is 9.80 Å². The first-order valence-electron chi connectivity index (χ1n) is 9.57. The van der Waals surface area contributed by atoms with Crippen LogP contribution in [0.1, 0.15) is 34.9 Å². The first-order chi connectivity index (χ1) is 13.3. The summed E-state index contributed by atoms with van der Waals surface area (Å²) in [6.45, 7) is 7.20. The molecule has 0 N–H and O–H groups in total. The predicted molar refractivity (Wildman–Crippen MR) is 106 cm³/mol. The second-order valence-electron chi connectivity index (χ2n) is 7.98. The molecule has 8 nitrogen and oxygen atoms in total. The number of aromatic nitrogens is 2. The minimum Gasteiger partial charge on any atom is -0.307 e. The Morgan fingerprint density at radius 2 is 2.07 bits per heavy atom. The Balaban J connectivity index is 1.68. The van der Waals surface area contributed by atoms with E-state index in [1.165, 1.54) is 15.8 Å². The van der Waals surface area contributed by atoms with Crippen molar-refractivity contribution in [2.45, 2.75) is 45.7 Å². The fourth-order valence-electron chi connectivity index (χ4n) is 4.72. The highest BCUT2D eigenvalue weighted by atomic mass is 16.6. The summed E-state index contributed by atoms with van der Waals surface area (Å²) in [5, 5.41) is 15.5. The van der Waals surface area contributed by atoms with E-state index in [1.54, 1.807) is 13.8 Å². The SMILES string of the molecule is Cc1ccc2c(c1)[C@@H]1CN(C)CC[C@H]1N2C(=O)Cn1nc(C)c([N+](=O)[O-])c1C. The van der Waals surface area contributed by atoms with Crippen LogP contribution in [0.2, 0.25) is 0 Å². The summed E-state index contributed by atoms with van der Waals surface area (Å²) in [7, 11) is 2.12. The summed E-state index contributed by atoms with van der Waals surface area (Å²) >= 11 is 0. The van der Waals surface area contributed by atoms with E-state index in [2.05, 4.69) is 30.0 Å². The largest absolute Gasteiger partial charge is 0.312 e. The third-order valence-corrected chi connectivity index (χ3v) is 6.03. The first kappa shape index (κ1) is 18.6. The smallest absolute Gasteiger partial charge is 0.307 e. The number of aryl methyl sites for hydroxylation is 2. The summed E-state index contributed by atoms with van der Waals surface area (Å²) in [4.78, 5) is 28.4. The number of carbonyl (C=O) groups excluding carboxylic acids is 1. The van der Waals surface area contributed by atoms with Gasteiger partial charge in [-0.1, -0.05) is 17.7 Å². The molecule has 0 spiro atoms. The lowest BCUT2D eigenvalue weighted by molar-refractivity contribution is -0.386. The number of likely N-dealkylation sites (tertiary alicyclic amines) is 1. The van der Waals surface area contributed by atoms with E-state index in [9.17, 15) is 14.9 Å². The van der Waals surface area contributed by atoms with Gasteiger partial charge in [0.2, 0.25) is 5.91 Å². The molecule has 0 bridgehead atoms. The lowest BCUT2D eigenvalue weighted by atomic mass is 9.89. The summed E-state index contributed by atoms with van der Waals surface area (Å²) < 4.78 is 1.46. The van der Waals surface area contributed by atoms with E-state index in [0.29, 0.717) is 17.3 Å². The molecule has 1 fully saturated rings. The van der Waals surface area contributed by atoms with Crippen molar-refractivity contribution in [3.63, 3.8) is 0 Å². The third kappa shape index (κ3) is 2.88. The summed E-state index contributed by atoms with van der Waals surface area (Å²) in [5.41, 5.74) is 4.13. The number of nitrogens with zero attached hydrogens (tertiary/aromatic N) is 5. The number of nitro groups is 1. The molecule has 8 heteroatoms. The number of rotatable bonds is 3. The van der Waals surface area contributed by atoms with Gasteiger partial charge in [-0.25, -0.2) is 0 Å². The maximum Gasteiger partial charge on any atom is 0.312 e. The number of amides is 1. The van der Waals surface area contributed by atoms with Gasteiger partial charge >= 0.3 is 5.69 Å². The molecule has 148 valence electrons. The average molecular weight is 383 g/mol. The Bertz CT molecular complexity index is 967. The van der Waals surface area contributed by atoms with Crippen molar-refractivity contribution in [1.29, 1.82) is 0 Å². The normalized spacial score (nSPS) is 21.5. The van der Waals surface area contributed by atoms with E-state index >= 15 is 0 Å². The number of fused-ring (bicyclic) bond motifs is 3. The van der Waals surface area contributed by atoms with Crippen LogP contribution in [0.4, 0.5) is 11.4 Å². The number of likely N-dealkylation sites (N-methyl/N-ethyl adjacent to an activating group) is 1. The molecule has 2 aliphatic rings. The Labute approximate surface area is 163 Å². The van der Waals surface area contributed by atoms with Gasteiger partial charge in [0, 0.05) is 24.2 Å². The van der Waals surface area contributed by atoms with Crippen LogP contribution in [0.25, 0.3) is 0 Å². The monoisotopic (exact) mass is 383 g/mol. The molecule has 4 rings (SSSR count). The van der Waals surface area contributed by atoms with Crippen LogP contribution in [0, 0.1) is 30.9 Å². The highest BCUT2D eigenvalue weighted by Gasteiger charge is 2.44. The molecule has 0 aliphatic carbocycles. The highest BCUT2D eigenvalue weighted by Crippen LogP contribution is 2.45. The molecule has 0 unspecified atom stereocenters. The predicted octanol–water partition coefficient (Wildman–Crippen LogP) is 2.55. The molecule has 3 heterocycles. The van der Waals surface area contributed by atoms with E-state index < -0.39 is 4.92 Å². The van der Waals surface area contributed by atoms with Crippen LogP contribution in [0.3, 0.4) is 0 Å². The molecule has 2 aliphatic heterocycles. The Morgan fingerprint density at radius 1 is 1.32 bits per heavy atom. The standard InChI is InChI=1S/C20H25N5O3/c1-12-5-6-17-15(9-12)16-10-22(4)8-7-18(16)24(17)19(26)11-23-14(3)20(25(27)28)13(2)21-23/h5-6,9,16,18H,7-8,10-11H2,1-4H3/t16-,18+/m0/s1. The van der Waals surface area contributed by atoms with Crippen LogP contribution < -0.4 is 4.90 Å². The van der Waals surface area contributed by atoms with Crippen molar-refractivity contribution in [3.05, 3.63) is 50.8 Å². The second-order valence-corrected chi connectivity index (χ2v) is 7.98. The molecule has 1 aromatic heterocycles. The number of benzene rings is 1. The van der Waals surface area contributed by atoms with Crippen LogP contribution in [-0.2, 0) is 11.3 Å². The number of piperidine rings is 1. The first-order valence-corrected chi connectivity index (χ1v) is 9.57. The fourth-order valence-corrected chi connectivity index (χ4v) is 4.72. The van der Waals surface area contributed by atoms with Crippen molar-refractivity contribution < 1.29 is 9.72 Å². The maximum atomic E-state index is 13.3. The fraction of sp³-hybridized carbons (Fsp3) is 0.500. The zero-order chi connectivity index (χ0) is 20.2. The third-order valence-electron chi connectivity index (χ3n) is 6.03. The number of hydrogen-bond donors (Lipinski definition) is 0. The van der Waals surface area contributed by atoms with Crippen molar-refractivity contribution in [1.82, 2.24) is 14.7 Å². The summed E-state index contributed by atoms with van der Waals surface area (Å²) in [6.07, 6.45) is 0.915. The van der Waals surface area contributed by atoms with Crippen molar-refractivity contribution in [2.24, 2.45) is 0 Å². The zero-order valence-electron chi connectivity index (χ0n) is 16.7. The van der Waals surface area contributed by atoms with Crippen molar-refractivity contribution in [2.75, 3.05) is 25.0 Å². The minimum atomic E-state index is -0.431. The quantitative estimate of drug-likeness (QED) is 0.601. The van der Waals surface area contributed by atoms with Gasteiger partial charge in [0.05, 0.1) is 4.92 Å². The van der Waals surface area contributed by atoms with Gasteiger partial charge in [-0.3, -0.25) is 19.6 Å². The lowest BCUT2D eigenvalue weighted by Gasteiger charge is -2.36.